The summed E-state index contributed by atoms with van der Waals surface area (Å²) in [6.07, 6.45) is 5.06. The van der Waals surface area contributed by atoms with Gasteiger partial charge in [0.15, 0.2) is 0 Å². The molecule has 2 aliphatic carbocycles. The minimum Gasteiger partial charge on any atom is -0.368 e. The van der Waals surface area contributed by atoms with Crippen molar-refractivity contribution in [2.75, 3.05) is 13.1 Å². The Balaban J connectivity index is 1.70. The van der Waals surface area contributed by atoms with Crippen LogP contribution in [-0.2, 0) is 17.4 Å². The average molecular weight is 554 g/mol. The standard InChI is InChI=1S/C33H42F3N3O/c1-8-37-29-18-25(15-24-11-9-14-27(16-24)33(34,35)36)17-28(26-12-10-13-26)30(29)23(4)38-19-22(3)39(20-21(38)2)31(40)32(5,6)7/h8-9,11,14,16-18,21-22,26H,1,10,12-13,15,19-20H2,2-7H3/b30-23+,37-29?/t21-,22+/m0/s1. The maximum absolute atomic E-state index is 13.3. The van der Waals surface area contributed by atoms with E-state index in [2.05, 4.69) is 43.3 Å². The third kappa shape index (κ3) is 6.29. The predicted molar refractivity (Wildman–Crippen MR) is 156 cm³/mol. The summed E-state index contributed by atoms with van der Waals surface area (Å²) in [5.41, 5.74) is 4.72. The minimum absolute atomic E-state index is 0.0602. The van der Waals surface area contributed by atoms with E-state index in [1.807, 2.05) is 31.7 Å². The molecule has 216 valence electrons. The molecule has 4 rings (SSSR count). The van der Waals surface area contributed by atoms with Crippen molar-refractivity contribution in [1.29, 1.82) is 0 Å². The van der Waals surface area contributed by atoms with Crippen molar-refractivity contribution < 1.29 is 18.0 Å². The molecule has 3 aliphatic rings. The van der Waals surface area contributed by atoms with Crippen LogP contribution in [0.3, 0.4) is 0 Å². The molecule has 0 unspecified atom stereocenters. The monoisotopic (exact) mass is 553 g/mol. The van der Waals surface area contributed by atoms with Gasteiger partial charge in [0.05, 0.1) is 11.3 Å². The Morgan fingerprint density at radius 3 is 2.30 bits per heavy atom. The van der Waals surface area contributed by atoms with E-state index in [-0.39, 0.29) is 18.0 Å². The number of nitrogens with zero attached hydrogens (tertiary/aromatic N) is 3. The normalized spacial score (nSPS) is 24.9. The van der Waals surface area contributed by atoms with Crippen molar-refractivity contribution in [3.8, 4) is 0 Å². The Morgan fingerprint density at radius 1 is 1.07 bits per heavy atom. The van der Waals surface area contributed by atoms with E-state index >= 15 is 0 Å². The molecule has 1 saturated heterocycles. The summed E-state index contributed by atoms with van der Waals surface area (Å²) in [4.78, 5) is 22.2. The zero-order valence-electron chi connectivity index (χ0n) is 24.6. The lowest BCUT2D eigenvalue weighted by atomic mass is 9.72. The summed E-state index contributed by atoms with van der Waals surface area (Å²) in [6.45, 7) is 17.5. The second-order valence-corrected chi connectivity index (χ2v) is 12.5. The van der Waals surface area contributed by atoms with Gasteiger partial charge in [0.25, 0.3) is 0 Å². The molecular weight excluding hydrogens is 511 g/mol. The van der Waals surface area contributed by atoms with Gasteiger partial charge in [-0.1, -0.05) is 58.0 Å². The number of aliphatic imine (C=N–C) groups is 1. The average Bonchev–Trinajstić information content (AvgIpc) is 2.82. The fourth-order valence-corrected chi connectivity index (χ4v) is 5.99. The van der Waals surface area contributed by atoms with E-state index < -0.39 is 17.2 Å². The molecule has 2 atom stereocenters. The fraction of sp³-hybridized carbons (Fsp3) is 0.515. The molecule has 1 saturated carbocycles. The van der Waals surface area contributed by atoms with Gasteiger partial charge in [-0.15, -0.1) is 0 Å². The van der Waals surface area contributed by atoms with Crippen molar-refractivity contribution >= 4 is 11.6 Å². The van der Waals surface area contributed by atoms with E-state index in [1.54, 1.807) is 6.07 Å². The van der Waals surface area contributed by atoms with Crippen molar-refractivity contribution in [3.05, 3.63) is 82.7 Å². The lowest BCUT2D eigenvalue weighted by Crippen LogP contribution is -2.59. The highest BCUT2D eigenvalue weighted by Crippen LogP contribution is 2.42. The van der Waals surface area contributed by atoms with E-state index in [0.717, 1.165) is 54.4 Å². The van der Waals surface area contributed by atoms with Gasteiger partial charge in [0, 0.05) is 48.1 Å². The molecule has 0 bridgehead atoms. The molecule has 0 radical (unpaired) electrons. The molecule has 4 nitrogen and oxygen atoms in total. The summed E-state index contributed by atoms with van der Waals surface area (Å²) >= 11 is 0. The third-order valence-corrected chi connectivity index (χ3v) is 8.33. The lowest BCUT2D eigenvalue weighted by molar-refractivity contribution is -0.145. The summed E-state index contributed by atoms with van der Waals surface area (Å²) in [5.74, 6) is 0.558. The topological polar surface area (TPSA) is 35.9 Å². The fourth-order valence-electron chi connectivity index (χ4n) is 5.99. The van der Waals surface area contributed by atoms with Gasteiger partial charge in [-0.3, -0.25) is 9.79 Å². The largest absolute Gasteiger partial charge is 0.416 e. The molecule has 7 heteroatoms. The van der Waals surface area contributed by atoms with Crippen LogP contribution >= 0.6 is 0 Å². The number of benzene rings is 1. The number of hydrogen-bond donors (Lipinski definition) is 0. The number of rotatable bonds is 5. The molecule has 1 amide bonds. The van der Waals surface area contributed by atoms with Gasteiger partial charge in [0.1, 0.15) is 0 Å². The van der Waals surface area contributed by atoms with Crippen molar-refractivity contribution in [2.24, 2.45) is 16.3 Å². The molecule has 1 aromatic carbocycles. The second kappa shape index (κ2) is 11.4. The Bertz CT molecular complexity index is 1270. The molecule has 1 heterocycles. The molecule has 0 spiro atoms. The summed E-state index contributed by atoms with van der Waals surface area (Å²) in [7, 11) is 0. The number of piperazine rings is 1. The van der Waals surface area contributed by atoms with Crippen LogP contribution in [-0.4, -0.2) is 46.6 Å². The van der Waals surface area contributed by atoms with E-state index in [9.17, 15) is 18.0 Å². The van der Waals surface area contributed by atoms with Crippen LogP contribution in [0.1, 0.15) is 71.9 Å². The summed E-state index contributed by atoms with van der Waals surface area (Å²) in [6, 6.07) is 5.75. The molecular formula is C33H42F3N3O. The quantitative estimate of drug-likeness (QED) is 0.374. The van der Waals surface area contributed by atoms with Crippen LogP contribution in [0.4, 0.5) is 13.2 Å². The lowest BCUT2D eigenvalue weighted by Gasteiger charge is -2.48. The van der Waals surface area contributed by atoms with E-state index in [0.29, 0.717) is 24.4 Å². The first-order valence-corrected chi connectivity index (χ1v) is 14.3. The molecule has 0 aromatic heterocycles. The van der Waals surface area contributed by atoms with Crippen molar-refractivity contribution in [3.63, 3.8) is 0 Å². The van der Waals surface area contributed by atoms with Gasteiger partial charge < -0.3 is 9.80 Å². The number of amides is 1. The number of alkyl halides is 3. The number of allylic oxidation sites excluding steroid dienone is 6. The van der Waals surface area contributed by atoms with Crippen LogP contribution in [0.25, 0.3) is 0 Å². The maximum atomic E-state index is 13.3. The van der Waals surface area contributed by atoms with Crippen LogP contribution in [0.5, 0.6) is 0 Å². The van der Waals surface area contributed by atoms with E-state index in [4.69, 9.17) is 0 Å². The van der Waals surface area contributed by atoms with Crippen LogP contribution < -0.4 is 0 Å². The van der Waals surface area contributed by atoms with Crippen molar-refractivity contribution in [1.82, 2.24) is 9.80 Å². The zero-order chi connectivity index (χ0) is 29.4. The van der Waals surface area contributed by atoms with E-state index in [1.165, 1.54) is 23.9 Å². The van der Waals surface area contributed by atoms with Gasteiger partial charge in [-0.2, -0.15) is 13.2 Å². The molecule has 1 aromatic rings. The number of carbonyl (C=O) groups excluding carboxylic acids is 1. The summed E-state index contributed by atoms with van der Waals surface area (Å²) < 4.78 is 40.0. The van der Waals surface area contributed by atoms with Gasteiger partial charge in [0.2, 0.25) is 5.91 Å². The highest BCUT2D eigenvalue weighted by molar-refractivity contribution is 6.14. The first-order valence-electron chi connectivity index (χ1n) is 14.3. The first kappa shape index (κ1) is 29.9. The maximum Gasteiger partial charge on any atom is 0.416 e. The Labute approximate surface area is 237 Å². The van der Waals surface area contributed by atoms with Gasteiger partial charge in [-0.25, -0.2) is 0 Å². The van der Waals surface area contributed by atoms with Crippen LogP contribution in [0, 0.1) is 11.3 Å². The third-order valence-electron chi connectivity index (χ3n) is 8.33. The van der Waals surface area contributed by atoms with Crippen LogP contribution in [0.2, 0.25) is 0 Å². The zero-order valence-corrected chi connectivity index (χ0v) is 24.6. The smallest absolute Gasteiger partial charge is 0.368 e. The number of hydrogen-bond acceptors (Lipinski definition) is 3. The Morgan fingerprint density at radius 2 is 1.73 bits per heavy atom. The predicted octanol–water partition coefficient (Wildman–Crippen LogP) is 7.74. The Hall–Kier alpha value is -3.09. The highest BCUT2D eigenvalue weighted by Gasteiger charge is 2.38. The number of carbonyl (C=O) groups is 1. The van der Waals surface area contributed by atoms with Gasteiger partial charge in [-0.05, 0) is 74.8 Å². The second-order valence-electron chi connectivity index (χ2n) is 12.5. The SMILES string of the molecule is C=CN=C1C=C(Cc2cccc(C(F)(F)F)c2)C=C(C2CCC2)/C1=C(/C)N1C[C@@H](C)N(C(=O)C(C)(C)C)C[C@@H]1C. The van der Waals surface area contributed by atoms with Crippen LogP contribution in [0.15, 0.2) is 76.6 Å². The van der Waals surface area contributed by atoms with Crippen molar-refractivity contribution in [2.45, 2.75) is 85.5 Å². The van der Waals surface area contributed by atoms with Gasteiger partial charge >= 0.3 is 6.18 Å². The summed E-state index contributed by atoms with van der Waals surface area (Å²) in [5, 5.41) is 0. The molecule has 40 heavy (non-hydrogen) atoms. The molecule has 2 fully saturated rings. The molecule has 0 N–H and O–H groups in total. The minimum atomic E-state index is -4.37. The number of halogens is 3. The first-order chi connectivity index (χ1) is 18.7. The Kier molecular flexibility index (Phi) is 8.53. The molecule has 1 aliphatic heterocycles. The highest BCUT2D eigenvalue weighted by atomic mass is 19.4.